The highest BCUT2D eigenvalue weighted by Gasteiger charge is 1.88. The van der Waals surface area contributed by atoms with Gasteiger partial charge >= 0.3 is 0 Å². The molecule has 2 heteroatoms. The summed E-state index contributed by atoms with van der Waals surface area (Å²) in [5, 5.41) is 0. The topological polar surface area (TPSA) is 9.23 Å². The maximum absolute atomic E-state index is 11.5. The van der Waals surface area contributed by atoms with Gasteiger partial charge in [-0.05, 0) is 19.9 Å². The van der Waals surface area contributed by atoms with E-state index in [1.165, 1.54) is 0 Å². The van der Waals surface area contributed by atoms with Gasteiger partial charge in [0.2, 0.25) is 0 Å². The Kier molecular flexibility index (Phi) is 4.63. The molecule has 0 aliphatic rings. The first-order valence-electron chi connectivity index (χ1n) is 3.19. The Balaban J connectivity index is 3.54. The zero-order chi connectivity index (χ0) is 7.98. The zero-order valence-electron chi connectivity index (χ0n) is 6.48. The summed E-state index contributed by atoms with van der Waals surface area (Å²) in [7, 11) is 0. The molecule has 1 nitrogen and oxygen atoms in total. The van der Waals surface area contributed by atoms with Crippen LogP contribution in [0, 0.1) is 0 Å². The SMILES string of the molecule is C=C(C=C(C)C)OCCF. The molecule has 0 fully saturated rings. The maximum atomic E-state index is 11.5. The number of ether oxygens (including phenoxy) is 1. The Hall–Kier alpha value is -0.790. The van der Waals surface area contributed by atoms with E-state index in [4.69, 9.17) is 4.74 Å². The van der Waals surface area contributed by atoms with Crippen LogP contribution in [0.15, 0.2) is 24.0 Å². The molecule has 0 heterocycles. The lowest BCUT2D eigenvalue weighted by molar-refractivity contribution is 0.199. The third-order valence-electron chi connectivity index (χ3n) is 0.814. The molecule has 0 unspecified atom stereocenters. The zero-order valence-corrected chi connectivity index (χ0v) is 6.48. The molecule has 58 valence electrons. The van der Waals surface area contributed by atoms with Gasteiger partial charge in [-0.25, -0.2) is 4.39 Å². The molecule has 0 aliphatic heterocycles. The van der Waals surface area contributed by atoms with Crippen molar-refractivity contribution in [1.82, 2.24) is 0 Å². The molecule has 0 atom stereocenters. The Labute approximate surface area is 61.2 Å². The van der Waals surface area contributed by atoms with E-state index in [-0.39, 0.29) is 6.61 Å². The largest absolute Gasteiger partial charge is 0.491 e. The minimum atomic E-state index is -0.463. The summed E-state index contributed by atoms with van der Waals surface area (Å²) in [5.41, 5.74) is 1.10. The fourth-order valence-electron chi connectivity index (χ4n) is 0.533. The number of hydrogen-bond acceptors (Lipinski definition) is 1. The molecule has 0 saturated carbocycles. The molecule has 0 amide bonds. The lowest BCUT2D eigenvalue weighted by atomic mass is 10.3. The van der Waals surface area contributed by atoms with E-state index in [0.29, 0.717) is 5.76 Å². The van der Waals surface area contributed by atoms with Crippen molar-refractivity contribution in [3.8, 4) is 0 Å². The Bertz CT molecular complexity index is 134. The first kappa shape index (κ1) is 9.21. The van der Waals surface area contributed by atoms with E-state index in [9.17, 15) is 4.39 Å². The molecule has 10 heavy (non-hydrogen) atoms. The van der Waals surface area contributed by atoms with Gasteiger partial charge in [0.1, 0.15) is 19.0 Å². The summed E-state index contributed by atoms with van der Waals surface area (Å²) in [6.45, 7) is 7.07. The van der Waals surface area contributed by atoms with Crippen molar-refractivity contribution in [3.63, 3.8) is 0 Å². The summed E-state index contributed by atoms with van der Waals surface area (Å²) in [6, 6.07) is 0. The van der Waals surface area contributed by atoms with Crippen LogP contribution in [0.1, 0.15) is 13.8 Å². The van der Waals surface area contributed by atoms with E-state index in [2.05, 4.69) is 6.58 Å². The molecule has 0 radical (unpaired) electrons. The molecular weight excluding hydrogens is 131 g/mol. The van der Waals surface area contributed by atoms with Crippen LogP contribution >= 0.6 is 0 Å². The predicted molar refractivity (Wildman–Crippen MR) is 40.5 cm³/mol. The highest BCUT2D eigenvalue weighted by atomic mass is 19.1. The normalized spacial score (nSPS) is 8.70. The number of rotatable bonds is 4. The molecule has 0 bridgehead atoms. The first-order chi connectivity index (χ1) is 4.66. The Morgan fingerprint density at radius 1 is 1.60 bits per heavy atom. The minimum Gasteiger partial charge on any atom is -0.491 e. The second kappa shape index (κ2) is 5.03. The number of hydrogen-bond donors (Lipinski definition) is 0. The molecule has 0 aromatic carbocycles. The standard InChI is InChI=1S/C8H13FO/c1-7(2)6-8(3)10-5-4-9/h6H,3-5H2,1-2H3. The van der Waals surface area contributed by atoms with Gasteiger partial charge in [-0.2, -0.15) is 0 Å². The van der Waals surface area contributed by atoms with Crippen LogP contribution in [0.3, 0.4) is 0 Å². The first-order valence-corrected chi connectivity index (χ1v) is 3.19. The molecule has 0 N–H and O–H groups in total. The van der Waals surface area contributed by atoms with Gasteiger partial charge in [0.25, 0.3) is 0 Å². The summed E-state index contributed by atoms with van der Waals surface area (Å²) in [4.78, 5) is 0. The Morgan fingerprint density at radius 3 is 2.60 bits per heavy atom. The highest BCUT2D eigenvalue weighted by Crippen LogP contribution is 2.00. The monoisotopic (exact) mass is 144 g/mol. The lowest BCUT2D eigenvalue weighted by Crippen LogP contribution is -1.93. The van der Waals surface area contributed by atoms with E-state index < -0.39 is 6.67 Å². The molecule has 0 spiro atoms. The van der Waals surface area contributed by atoms with Crippen LogP contribution in [-0.2, 0) is 4.74 Å². The third-order valence-corrected chi connectivity index (χ3v) is 0.814. The average molecular weight is 144 g/mol. The number of allylic oxidation sites excluding steroid dienone is 2. The quantitative estimate of drug-likeness (QED) is 0.435. The second-order valence-electron chi connectivity index (χ2n) is 2.23. The van der Waals surface area contributed by atoms with Crippen molar-refractivity contribution in [2.75, 3.05) is 13.3 Å². The van der Waals surface area contributed by atoms with E-state index >= 15 is 0 Å². The summed E-state index contributed by atoms with van der Waals surface area (Å²) in [6.07, 6.45) is 1.77. The van der Waals surface area contributed by atoms with E-state index in [1.807, 2.05) is 13.8 Å². The van der Waals surface area contributed by atoms with Crippen LogP contribution in [0.25, 0.3) is 0 Å². The second-order valence-corrected chi connectivity index (χ2v) is 2.23. The van der Waals surface area contributed by atoms with Gasteiger partial charge in [0.05, 0.1) is 0 Å². The summed E-state index contributed by atoms with van der Waals surface area (Å²) >= 11 is 0. The summed E-state index contributed by atoms with van der Waals surface area (Å²) < 4.78 is 16.4. The van der Waals surface area contributed by atoms with E-state index in [0.717, 1.165) is 5.57 Å². The van der Waals surface area contributed by atoms with Crippen molar-refractivity contribution in [3.05, 3.63) is 24.0 Å². The van der Waals surface area contributed by atoms with Crippen LogP contribution < -0.4 is 0 Å². The smallest absolute Gasteiger partial charge is 0.123 e. The van der Waals surface area contributed by atoms with Crippen molar-refractivity contribution < 1.29 is 9.13 Å². The minimum absolute atomic E-state index is 0.0998. The van der Waals surface area contributed by atoms with Crippen molar-refractivity contribution in [2.45, 2.75) is 13.8 Å². The van der Waals surface area contributed by atoms with Crippen LogP contribution in [0.5, 0.6) is 0 Å². The van der Waals surface area contributed by atoms with Crippen LogP contribution in [-0.4, -0.2) is 13.3 Å². The van der Waals surface area contributed by atoms with Gasteiger partial charge in [-0.1, -0.05) is 12.2 Å². The van der Waals surface area contributed by atoms with Gasteiger partial charge < -0.3 is 4.74 Å². The van der Waals surface area contributed by atoms with Crippen molar-refractivity contribution in [2.24, 2.45) is 0 Å². The number of halogens is 1. The predicted octanol–water partition coefficient (Wildman–Crippen LogP) is 2.45. The summed E-state index contributed by atoms with van der Waals surface area (Å²) in [5.74, 6) is 0.526. The molecular formula is C8H13FO. The fraction of sp³-hybridized carbons (Fsp3) is 0.500. The lowest BCUT2D eigenvalue weighted by Gasteiger charge is -2.01. The van der Waals surface area contributed by atoms with Gasteiger partial charge in [-0.3, -0.25) is 0 Å². The fourth-order valence-corrected chi connectivity index (χ4v) is 0.533. The average Bonchev–Trinajstić information content (AvgIpc) is 1.82. The Morgan fingerprint density at radius 2 is 2.20 bits per heavy atom. The number of alkyl halides is 1. The highest BCUT2D eigenvalue weighted by molar-refractivity contribution is 5.12. The van der Waals surface area contributed by atoms with Crippen LogP contribution in [0.2, 0.25) is 0 Å². The third kappa shape index (κ3) is 5.35. The van der Waals surface area contributed by atoms with Gasteiger partial charge in [0, 0.05) is 0 Å². The van der Waals surface area contributed by atoms with E-state index in [1.54, 1.807) is 6.08 Å². The molecule has 0 aromatic rings. The molecule has 0 rings (SSSR count). The maximum Gasteiger partial charge on any atom is 0.123 e. The van der Waals surface area contributed by atoms with Crippen LogP contribution in [0.4, 0.5) is 4.39 Å². The molecule has 0 aromatic heterocycles. The van der Waals surface area contributed by atoms with Crippen molar-refractivity contribution in [1.29, 1.82) is 0 Å². The van der Waals surface area contributed by atoms with Gasteiger partial charge in [-0.15, -0.1) is 0 Å². The van der Waals surface area contributed by atoms with Gasteiger partial charge in [0.15, 0.2) is 0 Å². The molecule has 0 aliphatic carbocycles. The van der Waals surface area contributed by atoms with Crippen molar-refractivity contribution >= 4 is 0 Å². The molecule has 0 saturated heterocycles.